The standard InChI is InChI=1S/C2N4O2/c3-1-2(7)8-6-5-4. The molecule has 0 fully saturated rings. The molecule has 0 aliphatic rings. The van der Waals surface area contributed by atoms with Crippen LogP contribution < -0.4 is 0 Å². The van der Waals surface area contributed by atoms with Crippen LogP contribution in [-0.2, 0) is 9.63 Å². The Kier molecular flexibility index (Phi) is 2.71. The van der Waals surface area contributed by atoms with E-state index in [0.29, 0.717) is 0 Å². The minimum absolute atomic E-state index is 1.07. The lowest BCUT2D eigenvalue weighted by Gasteiger charge is -1.77. The molecule has 0 amide bonds. The molecule has 8 heavy (non-hydrogen) atoms. The van der Waals surface area contributed by atoms with Crippen LogP contribution >= 0.6 is 0 Å². The van der Waals surface area contributed by atoms with Crippen molar-refractivity contribution in [1.82, 2.24) is 0 Å². The highest BCUT2D eigenvalue weighted by atomic mass is 16.7. The molecular weight excluding hydrogens is 112 g/mol. The Morgan fingerprint density at radius 2 is 2.62 bits per heavy atom. The Bertz CT molecular complexity index is 173. The Morgan fingerprint density at radius 1 is 2.00 bits per heavy atom. The second-order valence-electron chi connectivity index (χ2n) is 0.662. The van der Waals surface area contributed by atoms with Crippen molar-refractivity contribution in [3.05, 3.63) is 10.4 Å². The lowest BCUT2D eigenvalue weighted by atomic mass is 10.8. The number of azide groups is 1. The highest BCUT2D eigenvalue weighted by molar-refractivity contribution is 5.85. The van der Waals surface area contributed by atoms with E-state index in [1.165, 1.54) is 0 Å². The van der Waals surface area contributed by atoms with Gasteiger partial charge < -0.3 is 4.84 Å². The van der Waals surface area contributed by atoms with E-state index in [1.54, 1.807) is 0 Å². The SMILES string of the molecule is N#CC(=O)ON=[N+]=[N-]. The third-order valence-corrected chi connectivity index (χ3v) is 0.252. The molecule has 0 aromatic carbocycles. The van der Waals surface area contributed by atoms with Crippen molar-refractivity contribution in [2.24, 2.45) is 5.28 Å². The Labute approximate surface area is 43.9 Å². The Balaban J connectivity index is 3.60. The molecule has 0 heterocycles. The van der Waals surface area contributed by atoms with Crippen LogP contribution in [0.15, 0.2) is 5.28 Å². The van der Waals surface area contributed by atoms with Gasteiger partial charge in [0.2, 0.25) is 0 Å². The number of rotatable bonds is 1. The van der Waals surface area contributed by atoms with Gasteiger partial charge in [-0.3, -0.25) is 0 Å². The predicted molar refractivity (Wildman–Crippen MR) is 20.9 cm³/mol. The molecule has 0 spiro atoms. The summed E-state index contributed by atoms with van der Waals surface area (Å²) in [6, 6.07) is 1.07. The molecule has 0 aromatic heterocycles. The molecule has 40 valence electrons. The lowest BCUT2D eigenvalue weighted by Crippen LogP contribution is -1.91. The maximum absolute atomic E-state index is 9.72. The number of hydrogen-bond donors (Lipinski definition) is 0. The van der Waals surface area contributed by atoms with Gasteiger partial charge in [-0.05, 0) is 5.53 Å². The van der Waals surface area contributed by atoms with Crippen molar-refractivity contribution in [3.63, 3.8) is 0 Å². The van der Waals surface area contributed by atoms with Gasteiger partial charge in [0.25, 0.3) is 0 Å². The Morgan fingerprint density at radius 3 is 3.00 bits per heavy atom. The van der Waals surface area contributed by atoms with Gasteiger partial charge in [-0.15, -0.1) is 0 Å². The molecule has 0 atom stereocenters. The zero-order valence-electron chi connectivity index (χ0n) is 3.61. The first-order chi connectivity index (χ1) is 3.81. The van der Waals surface area contributed by atoms with E-state index in [4.69, 9.17) is 10.8 Å². The normalized spacial score (nSPS) is 5.88. The Hall–Kier alpha value is -1.73. The van der Waals surface area contributed by atoms with Crippen LogP contribution in [0.5, 0.6) is 0 Å². The minimum Gasteiger partial charge on any atom is -0.347 e. The zero-order chi connectivity index (χ0) is 6.41. The van der Waals surface area contributed by atoms with Crippen molar-refractivity contribution in [3.8, 4) is 6.07 Å². The van der Waals surface area contributed by atoms with Crippen molar-refractivity contribution in [1.29, 1.82) is 5.26 Å². The third kappa shape index (κ3) is 2.50. The maximum Gasteiger partial charge on any atom is 0.422 e. The van der Waals surface area contributed by atoms with Gasteiger partial charge in [0, 0.05) is 4.91 Å². The van der Waals surface area contributed by atoms with Gasteiger partial charge >= 0.3 is 5.97 Å². The van der Waals surface area contributed by atoms with Crippen molar-refractivity contribution in [2.75, 3.05) is 0 Å². The fourth-order valence-corrected chi connectivity index (χ4v) is 0.0757. The average Bonchev–Trinajstić information content (AvgIpc) is 1.83. The molecule has 0 radical (unpaired) electrons. The van der Waals surface area contributed by atoms with Crippen LogP contribution in [0.3, 0.4) is 0 Å². The molecule has 0 aliphatic heterocycles. The fraction of sp³-hybridized carbons (Fsp3) is 0. The van der Waals surface area contributed by atoms with Crippen LogP contribution in [0.1, 0.15) is 0 Å². The van der Waals surface area contributed by atoms with Gasteiger partial charge in [-0.1, -0.05) is 0 Å². The summed E-state index contributed by atoms with van der Waals surface area (Å²) >= 11 is 0. The van der Waals surface area contributed by atoms with Crippen LogP contribution in [0.25, 0.3) is 10.4 Å². The molecule has 0 bridgehead atoms. The van der Waals surface area contributed by atoms with E-state index in [2.05, 4.69) is 15.0 Å². The van der Waals surface area contributed by atoms with Crippen LogP contribution in [0, 0.1) is 11.3 Å². The van der Waals surface area contributed by atoms with E-state index < -0.39 is 5.97 Å². The summed E-state index contributed by atoms with van der Waals surface area (Å²) in [6.45, 7) is 0. The molecule has 0 aliphatic carbocycles. The second-order valence-corrected chi connectivity index (χ2v) is 0.662. The first kappa shape index (κ1) is 6.27. The molecule has 0 aromatic rings. The largest absolute Gasteiger partial charge is 0.422 e. The summed E-state index contributed by atoms with van der Waals surface area (Å²) in [4.78, 5) is 15.3. The van der Waals surface area contributed by atoms with Crippen LogP contribution in [0.4, 0.5) is 0 Å². The fourth-order valence-electron chi connectivity index (χ4n) is 0.0757. The molecule has 0 saturated carbocycles. The van der Waals surface area contributed by atoms with Crippen LogP contribution in [0.2, 0.25) is 0 Å². The summed E-state index contributed by atoms with van der Waals surface area (Å²) in [6.07, 6.45) is 0. The third-order valence-electron chi connectivity index (χ3n) is 0.252. The summed E-state index contributed by atoms with van der Waals surface area (Å²) in [5.41, 5.74) is 7.48. The van der Waals surface area contributed by atoms with Gasteiger partial charge in [-0.2, -0.15) is 5.26 Å². The van der Waals surface area contributed by atoms with E-state index >= 15 is 0 Å². The first-order valence-corrected chi connectivity index (χ1v) is 1.46. The number of nitrogens with zero attached hydrogens (tertiary/aromatic N) is 4. The van der Waals surface area contributed by atoms with Crippen molar-refractivity contribution >= 4 is 5.97 Å². The highest BCUT2D eigenvalue weighted by Crippen LogP contribution is 1.74. The van der Waals surface area contributed by atoms with Crippen molar-refractivity contribution in [2.45, 2.75) is 0 Å². The van der Waals surface area contributed by atoms with E-state index in [1.807, 2.05) is 0 Å². The zero-order valence-corrected chi connectivity index (χ0v) is 3.61. The van der Waals surface area contributed by atoms with Crippen molar-refractivity contribution < 1.29 is 9.63 Å². The van der Waals surface area contributed by atoms with E-state index in [9.17, 15) is 4.79 Å². The second kappa shape index (κ2) is 3.46. The number of hydrogen-bond acceptors (Lipinski definition) is 4. The number of nitriles is 1. The highest BCUT2D eigenvalue weighted by Gasteiger charge is 1.92. The minimum atomic E-state index is -1.22. The van der Waals surface area contributed by atoms with Gasteiger partial charge in [0.05, 0.1) is 0 Å². The number of carbonyl (C=O) groups excluding carboxylic acids is 1. The molecule has 0 unspecified atom stereocenters. The molecular formula is C2N4O2. The van der Waals surface area contributed by atoms with Gasteiger partial charge in [-0.25, -0.2) is 4.79 Å². The molecule has 0 N–H and O–H groups in total. The monoisotopic (exact) mass is 112 g/mol. The molecule has 0 saturated heterocycles. The summed E-state index contributed by atoms with van der Waals surface area (Å²) < 4.78 is 0. The first-order valence-electron chi connectivity index (χ1n) is 1.46. The molecule has 6 nitrogen and oxygen atoms in total. The molecule has 6 heteroatoms. The smallest absolute Gasteiger partial charge is 0.347 e. The lowest BCUT2D eigenvalue weighted by molar-refractivity contribution is -0.137. The summed E-state index contributed by atoms with van der Waals surface area (Å²) in [5.74, 6) is -1.22. The van der Waals surface area contributed by atoms with Gasteiger partial charge in [0.1, 0.15) is 5.28 Å². The predicted octanol–water partition coefficient (Wildman–Crippen LogP) is 0.278. The van der Waals surface area contributed by atoms with E-state index in [0.717, 1.165) is 6.07 Å². The summed E-state index contributed by atoms with van der Waals surface area (Å²) in [7, 11) is 0. The van der Waals surface area contributed by atoms with Crippen LogP contribution in [-0.4, -0.2) is 5.97 Å². The van der Waals surface area contributed by atoms with Gasteiger partial charge in [0.15, 0.2) is 6.07 Å². The van der Waals surface area contributed by atoms with E-state index in [-0.39, 0.29) is 0 Å². The summed E-state index contributed by atoms with van der Waals surface area (Å²) in [5, 5.41) is 10.0. The number of carbonyl (C=O) groups is 1. The molecule has 0 rings (SSSR count). The quantitative estimate of drug-likeness (QED) is 0.160. The topological polar surface area (TPSA) is 98.9 Å². The average molecular weight is 112 g/mol. The maximum atomic E-state index is 9.72.